The Hall–Kier alpha value is -1.11. The molecule has 10 heteroatoms. The Balaban J connectivity index is 0.00000676. The first-order valence-corrected chi connectivity index (χ1v) is 10.3. The average Bonchev–Trinajstić information content (AvgIpc) is 2.56. The van der Waals surface area contributed by atoms with Gasteiger partial charge in [-0.25, -0.2) is 18.5 Å². The molecule has 4 N–H and O–H groups in total. The Morgan fingerprint density at radius 1 is 1.26 bits per heavy atom. The van der Waals surface area contributed by atoms with Crippen LogP contribution >= 0.6 is 24.0 Å². The highest BCUT2D eigenvalue weighted by Crippen LogP contribution is 2.21. The largest absolute Gasteiger partial charge is 0.493 e. The van der Waals surface area contributed by atoms with Gasteiger partial charge in [0.2, 0.25) is 10.0 Å². The van der Waals surface area contributed by atoms with E-state index in [9.17, 15) is 8.42 Å². The van der Waals surface area contributed by atoms with Gasteiger partial charge >= 0.3 is 0 Å². The van der Waals surface area contributed by atoms with Crippen molar-refractivity contribution in [3.8, 4) is 5.75 Å². The molecule has 1 aromatic carbocycles. The van der Waals surface area contributed by atoms with Crippen LogP contribution in [0.5, 0.6) is 5.75 Å². The van der Waals surface area contributed by atoms with Gasteiger partial charge in [-0.15, -0.1) is 24.0 Å². The summed E-state index contributed by atoms with van der Waals surface area (Å²) in [4.78, 5) is 4.49. The van der Waals surface area contributed by atoms with Crippen LogP contribution in [0.25, 0.3) is 0 Å². The number of aliphatic imine (C=N–C) groups is 1. The molecule has 0 aliphatic rings. The second-order valence-electron chi connectivity index (χ2n) is 5.79. The first kappa shape index (κ1) is 25.9. The van der Waals surface area contributed by atoms with Gasteiger partial charge in [0.15, 0.2) is 5.96 Å². The Bertz CT molecular complexity index is 684. The van der Waals surface area contributed by atoms with Crippen LogP contribution in [-0.4, -0.2) is 53.5 Å². The van der Waals surface area contributed by atoms with Gasteiger partial charge in [0.1, 0.15) is 5.75 Å². The Kier molecular flexibility index (Phi) is 13.4. The van der Waals surface area contributed by atoms with Gasteiger partial charge < -0.3 is 20.1 Å². The van der Waals surface area contributed by atoms with Crippen LogP contribution in [0.1, 0.15) is 24.5 Å². The van der Waals surface area contributed by atoms with Crippen LogP contribution in [0.4, 0.5) is 0 Å². The van der Waals surface area contributed by atoms with Crippen molar-refractivity contribution >= 4 is 40.0 Å². The van der Waals surface area contributed by atoms with Crippen molar-refractivity contribution in [2.24, 2.45) is 10.1 Å². The van der Waals surface area contributed by atoms with E-state index in [0.29, 0.717) is 32.3 Å². The summed E-state index contributed by atoms with van der Waals surface area (Å²) in [6.45, 7) is 6.43. The molecule has 0 amide bonds. The quantitative estimate of drug-likeness (QED) is 0.178. The number of nitrogens with two attached hydrogens (primary N) is 1. The highest BCUT2D eigenvalue weighted by atomic mass is 127. The first-order chi connectivity index (χ1) is 12.4. The minimum Gasteiger partial charge on any atom is -0.493 e. The number of hydrogen-bond acceptors (Lipinski definition) is 5. The van der Waals surface area contributed by atoms with Crippen molar-refractivity contribution in [1.29, 1.82) is 0 Å². The van der Waals surface area contributed by atoms with Gasteiger partial charge in [0.05, 0.1) is 18.9 Å². The summed E-state index contributed by atoms with van der Waals surface area (Å²) >= 11 is 0. The van der Waals surface area contributed by atoms with E-state index in [4.69, 9.17) is 14.6 Å². The van der Waals surface area contributed by atoms with E-state index < -0.39 is 10.0 Å². The molecule has 156 valence electrons. The smallest absolute Gasteiger partial charge is 0.210 e. The molecule has 0 aliphatic carbocycles. The molecule has 0 aromatic heterocycles. The van der Waals surface area contributed by atoms with E-state index in [2.05, 4.69) is 15.6 Å². The third-order valence-corrected chi connectivity index (χ3v) is 4.18. The Labute approximate surface area is 179 Å². The normalized spacial score (nSPS) is 11.6. The minimum absolute atomic E-state index is 0. The number of primary sulfonamides is 1. The number of nitrogens with zero attached hydrogens (tertiary/aromatic N) is 1. The standard InChI is InChI=1S/C17H30N4O4S.HI/c1-4-19-17(20-8-11-26(18,22)23)21-13-15-7-6-14(2)12-16(15)25-10-5-9-24-3;/h6-7,12H,4-5,8-11,13H2,1-3H3,(H2,18,22,23)(H2,19,20,21);1H. The number of rotatable bonds is 11. The molecule has 0 saturated carbocycles. The monoisotopic (exact) mass is 514 g/mol. The van der Waals surface area contributed by atoms with Crippen LogP contribution in [0.3, 0.4) is 0 Å². The molecule has 8 nitrogen and oxygen atoms in total. The average molecular weight is 514 g/mol. The van der Waals surface area contributed by atoms with Crippen molar-refractivity contribution in [3.05, 3.63) is 29.3 Å². The number of nitrogens with one attached hydrogen (secondary N) is 2. The zero-order chi connectivity index (χ0) is 19.4. The molecule has 0 saturated heterocycles. The maximum Gasteiger partial charge on any atom is 0.210 e. The fourth-order valence-corrected chi connectivity index (χ4v) is 2.52. The molecule has 0 aliphatic heterocycles. The topological polar surface area (TPSA) is 115 Å². The first-order valence-electron chi connectivity index (χ1n) is 8.59. The zero-order valence-electron chi connectivity index (χ0n) is 16.2. The van der Waals surface area contributed by atoms with E-state index in [0.717, 1.165) is 23.3 Å². The summed E-state index contributed by atoms with van der Waals surface area (Å²) in [5.41, 5.74) is 2.06. The van der Waals surface area contributed by atoms with E-state index >= 15 is 0 Å². The number of guanidine groups is 1. The lowest BCUT2D eigenvalue weighted by Crippen LogP contribution is -2.40. The lowest BCUT2D eigenvalue weighted by atomic mass is 10.1. The van der Waals surface area contributed by atoms with Crippen molar-refractivity contribution in [2.75, 3.05) is 39.2 Å². The van der Waals surface area contributed by atoms with E-state index in [1.165, 1.54) is 0 Å². The molecule has 1 rings (SSSR count). The third kappa shape index (κ3) is 12.1. The molecule has 27 heavy (non-hydrogen) atoms. The fourth-order valence-electron chi connectivity index (χ4n) is 2.13. The number of benzene rings is 1. The molecule has 0 atom stereocenters. The van der Waals surface area contributed by atoms with Gasteiger partial charge in [0.25, 0.3) is 0 Å². The summed E-state index contributed by atoms with van der Waals surface area (Å²) in [5.74, 6) is 1.17. The molecule has 0 radical (unpaired) electrons. The molecule has 0 fully saturated rings. The SMILES string of the molecule is CCNC(=NCc1ccc(C)cc1OCCCOC)NCCS(N)(=O)=O.I. The molecular formula is C17H31IN4O4S. The van der Waals surface area contributed by atoms with Crippen molar-refractivity contribution < 1.29 is 17.9 Å². The summed E-state index contributed by atoms with van der Waals surface area (Å²) in [5, 5.41) is 11.0. The fraction of sp³-hybridized carbons (Fsp3) is 0.588. The lowest BCUT2D eigenvalue weighted by Gasteiger charge is -2.13. The highest BCUT2D eigenvalue weighted by Gasteiger charge is 2.06. The van der Waals surface area contributed by atoms with E-state index in [-0.39, 0.29) is 36.3 Å². The number of halogens is 1. The van der Waals surface area contributed by atoms with Crippen LogP contribution in [0.2, 0.25) is 0 Å². The molecule has 0 bridgehead atoms. The summed E-state index contributed by atoms with van der Waals surface area (Å²) < 4.78 is 32.9. The van der Waals surface area contributed by atoms with E-state index in [1.54, 1.807) is 7.11 Å². The Morgan fingerprint density at radius 2 is 2.00 bits per heavy atom. The number of aryl methyl sites for hydroxylation is 1. The second-order valence-corrected chi connectivity index (χ2v) is 7.53. The second kappa shape index (κ2) is 14.0. The number of ether oxygens (including phenoxy) is 2. The number of hydrogen-bond donors (Lipinski definition) is 3. The van der Waals surface area contributed by atoms with E-state index in [1.807, 2.05) is 32.0 Å². The van der Waals surface area contributed by atoms with Crippen LogP contribution in [0, 0.1) is 6.92 Å². The molecule has 1 aromatic rings. The molecule has 0 spiro atoms. The maximum atomic E-state index is 11.0. The van der Waals surface area contributed by atoms with Crippen molar-refractivity contribution in [2.45, 2.75) is 26.8 Å². The van der Waals surface area contributed by atoms with Crippen LogP contribution < -0.4 is 20.5 Å². The number of sulfonamides is 1. The van der Waals surface area contributed by atoms with Gasteiger partial charge in [-0.05, 0) is 25.5 Å². The zero-order valence-corrected chi connectivity index (χ0v) is 19.3. The van der Waals surface area contributed by atoms with Gasteiger partial charge in [-0.2, -0.15) is 0 Å². The molecule has 0 heterocycles. The number of methoxy groups -OCH3 is 1. The van der Waals surface area contributed by atoms with Gasteiger partial charge in [-0.3, -0.25) is 0 Å². The van der Waals surface area contributed by atoms with Gasteiger partial charge in [0, 0.05) is 38.8 Å². The van der Waals surface area contributed by atoms with Crippen LogP contribution in [0.15, 0.2) is 23.2 Å². The van der Waals surface area contributed by atoms with Gasteiger partial charge in [-0.1, -0.05) is 12.1 Å². The predicted molar refractivity (Wildman–Crippen MR) is 119 cm³/mol. The lowest BCUT2D eigenvalue weighted by molar-refractivity contribution is 0.172. The minimum atomic E-state index is -3.50. The summed E-state index contributed by atoms with van der Waals surface area (Å²) in [7, 11) is -1.84. The third-order valence-electron chi connectivity index (χ3n) is 3.40. The summed E-state index contributed by atoms with van der Waals surface area (Å²) in [6.07, 6.45) is 0.810. The predicted octanol–water partition coefficient (Wildman–Crippen LogP) is 1.37. The molecule has 0 unspecified atom stereocenters. The maximum absolute atomic E-state index is 11.0. The molecular weight excluding hydrogens is 483 g/mol. The van der Waals surface area contributed by atoms with Crippen molar-refractivity contribution in [3.63, 3.8) is 0 Å². The Morgan fingerprint density at radius 3 is 2.63 bits per heavy atom. The summed E-state index contributed by atoms with van der Waals surface area (Å²) in [6, 6.07) is 5.98. The van der Waals surface area contributed by atoms with Crippen molar-refractivity contribution in [1.82, 2.24) is 10.6 Å². The van der Waals surface area contributed by atoms with Crippen LogP contribution in [-0.2, 0) is 21.3 Å². The highest BCUT2D eigenvalue weighted by molar-refractivity contribution is 14.0.